The van der Waals surface area contributed by atoms with Crippen LogP contribution in [0.1, 0.15) is 18.6 Å². The molecule has 0 saturated heterocycles. The first-order valence-corrected chi connectivity index (χ1v) is 7.50. The van der Waals surface area contributed by atoms with E-state index in [0.717, 1.165) is 5.56 Å². The number of rotatable bonds is 8. The minimum Gasteiger partial charge on any atom is -0.492 e. The van der Waals surface area contributed by atoms with Gasteiger partial charge in [0.2, 0.25) is 0 Å². The van der Waals surface area contributed by atoms with Gasteiger partial charge in [0.1, 0.15) is 18.1 Å². The molecule has 1 atom stereocenters. The highest BCUT2D eigenvalue weighted by atomic mass is 16.5. The summed E-state index contributed by atoms with van der Waals surface area (Å²) in [4.78, 5) is 10.8. The predicted octanol–water partition coefficient (Wildman–Crippen LogP) is 2.31. The van der Waals surface area contributed by atoms with Crippen LogP contribution < -0.4 is 14.8 Å². The van der Waals surface area contributed by atoms with Gasteiger partial charge < -0.3 is 19.9 Å². The molecule has 0 aliphatic carbocycles. The number of nitrogens with one attached hydrogen (secondary N) is 1. The van der Waals surface area contributed by atoms with Crippen molar-refractivity contribution in [1.29, 1.82) is 0 Å². The molecule has 5 heteroatoms. The van der Waals surface area contributed by atoms with Crippen molar-refractivity contribution in [2.24, 2.45) is 0 Å². The van der Waals surface area contributed by atoms with E-state index in [-0.39, 0.29) is 5.97 Å². The maximum atomic E-state index is 10.8. The largest absolute Gasteiger partial charge is 0.492 e. The number of carbonyl (C=O) groups is 1. The highest BCUT2D eigenvalue weighted by Crippen LogP contribution is 2.17. The van der Waals surface area contributed by atoms with Crippen molar-refractivity contribution in [2.75, 3.05) is 19.7 Å². The van der Waals surface area contributed by atoms with Crippen LogP contribution in [-0.4, -0.2) is 30.8 Å². The molecule has 0 fully saturated rings. The van der Waals surface area contributed by atoms with Gasteiger partial charge in [-0.3, -0.25) is 4.79 Å². The summed E-state index contributed by atoms with van der Waals surface area (Å²) in [6, 6.07) is 16.4. The third-order valence-corrected chi connectivity index (χ3v) is 3.15. The Morgan fingerprint density at radius 3 is 2.39 bits per heavy atom. The summed E-state index contributed by atoms with van der Waals surface area (Å²) in [6.45, 7) is 2.93. The molecule has 0 aliphatic heterocycles. The third kappa shape index (κ3) is 6.10. The average molecular weight is 315 g/mol. The number of esters is 1. The Hall–Kier alpha value is -2.37. The quantitative estimate of drug-likeness (QED) is 0.444. The molecule has 0 aliphatic rings. The first-order chi connectivity index (χ1) is 11.1. The monoisotopic (exact) mass is 315 g/mol. The average Bonchev–Trinajstić information content (AvgIpc) is 2.56. The lowest BCUT2D eigenvalue weighted by Crippen LogP contribution is -2.26. The lowest BCUT2D eigenvalue weighted by Gasteiger charge is -2.12. The number of hydrogen-bond acceptors (Lipinski definition) is 5. The van der Waals surface area contributed by atoms with E-state index in [0.29, 0.717) is 31.2 Å². The normalized spacial score (nSPS) is 11.7. The van der Waals surface area contributed by atoms with Crippen LogP contribution in [-0.2, 0) is 4.79 Å². The van der Waals surface area contributed by atoms with E-state index in [9.17, 15) is 9.90 Å². The van der Waals surface area contributed by atoms with Crippen molar-refractivity contribution in [3.05, 3.63) is 60.2 Å². The van der Waals surface area contributed by atoms with Crippen molar-refractivity contribution < 1.29 is 19.4 Å². The van der Waals surface area contributed by atoms with E-state index in [1.807, 2.05) is 30.3 Å². The van der Waals surface area contributed by atoms with Crippen LogP contribution in [0.2, 0.25) is 0 Å². The summed E-state index contributed by atoms with van der Waals surface area (Å²) in [7, 11) is 0. The smallest absolute Gasteiger partial charge is 0.308 e. The van der Waals surface area contributed by atoms with Crippen LogP contribution in [0.4, 0.5) is 0 Å². The summed E-state index contributed by atoms with van der Waals surface area (Å²) < 4.78 is 10.5. The van der Waals surface area contributed by atoms with Gasteiger partial charge in [-0.15, -0.1) is 0 Å². The van der Waals surface area contributed by atoms with Gasteiger partial charge in [0, 0.05) is 20.0 Å². The second-order valence-corrected chi connectivity index (χ2v) is 5.04. The molecule has 2 rings (SSSR count). The fourth-order valence-corrected chi connectivity index (χ4v) is 2.04. The predicted molar refractivity (Wildman–Crippen MR) is 87.5 cm³/mol. The van der Waals surface area contributed by atoms with E-state index in [1.54, 1.807) is 24.3 Å². The molecule has 0 bridgehead atoms. The zero-order chi connectivity index (χ0) is 16.5. The molecule has 0 amide bonds. The van der Waals surface area contributed by atoms with Gasteiger partial charge in [-0.05, 0) is 29.8 Å². The minimum atomic E-state index is -0.529. The van der Waals surface area contributed by atoms with E-state index in [2.05, 4.69) is 5.32 Å². The molecule has 2 N–H and O–H groups in total. The second kappa shape index (κ2) is 8.92. The van der Waals surface area contributed by atoms with E-state index >= 15 is 0 Å². The van der Waals surface area contributed by atoms with Crippen LogP contribution in [0.5, 0.6) is 11.5 Å². The Morgan fingerprint density at radius 2 is 1.74 bits per heavy atom. The Kier molecular flexibility index (Phi) is 6.59. The molecule has 1 unspecified atom stereocenters. The van der Waals surface area contributed by atoms with Crippen LogP contribution >= 0.6 is 0 Å². The van der Waals surface area contributed by atoms with Crippen molar-refractivity contribution in [1.82, 2.24) is 5.32 Å². The summed E-state index contributed by atoms with van der Waals surface area (Å²) in [5.74, 6) is 0.847. The topological polar surface area (TPSA) is 67.8 Å². The molecule has 0 aromatic heterocycles. The van der Waals surface area contributed by atoms with Crippen molar-refractivity contribution in [3.63, 3.8) is 0 Å². The van der Waals surface area contributed by atoms with Gasteiger partial charge in [0.25, 0.3) is 0 Å². The van der Waals surface area contributed by atoms with Gasteiger partial charge in [-0.25, -0.2) is 0 Å². The summed E-state index contributed by atoms with van der Waals surface area (Å²) in [5, 5.41) is 13.1. The van der Waals surface area contributed by atoms with Gasteiger partial charge in [-0.1, -0.05) is 30.3 Å². The Morgan fingerprint density at radius 1 is 1.09 bits per heavy atom. The first kappa shape index (κ1) is 17.0. The number of ether oxygens (including phenoxy) is 2. The molecular formula is C18H21NO4. The first-order valence-electron chi connectivity index (χ1n) is 7.50. The van der Waals surface area contributed by atoms with E-state index in [4.69, 9.17) is 9.47 Å². The summed E-state index contributed by atoms with van der Waals surface area (Å²) in [5.41, 5.74) is 0.891. The second-order valence-electron chi connectivity index (χ2n) is 5.04. The molecule has 2 aromatic carbocycles. The Bertz CT molecular complexity index is 598. The molecule has 0 saturated carbocycles. The van der Waals surface area contributed by atoms with Crippen LogP contribution in [0.25, 0.3) is 0 Å². The number of aliphatic hydroxyl groups is 1. The third-order valence-electron chi connectivity index (χ3n) is 3.15. The van der Waals surface area contributed by atoms with Crippen LogP contribution in [0.15, 0.2) is 54.6 Å². The van der Waals surface area contributed by atoms with E-state index < -0.39 is 6.10 Å². The molecule has 0 heterocycles. The fraction of sp³-hybridized carbons (Fsp3) is 0.278. The lowest BCUT2D eigenvalue weighted by molar-refractivity contribution is -0.131. The SMILES string of the molecule is CC(=O)Oc1ccc(OCCNCC(O)c2ccccc2)cc1. The van der Waals surface area contributed by atoms with Gasteiger partial charge in [0.15, 0.2) is 0 Å². The zero-order valence-corrected chi connectivity index (χ0v) is 13.1. The highest BCUT2D eigenvalue weighted by molar-refractivity contribution is 5.69. The maximum absolute atomic E-state index is 10.8. The lowest BCUT2D eigenvalue weighted by atomic mass is 10.1. The number of hydrogen-bond donors (Lipinski definition) is 2. The molecule has 0 spiro atoms. The van der Waals surface area contributed by atoms with Crippen LogP contribution in [0, 0.1) is 0 Å². The number of benzene rings is 2. The summed E-state index contributed by atoms with van der Waals surface area (Å²) in [6.07, 6.45) is -0.529. The van der Waals surface area contributed by atoms with Crippen molar-refractivity contribution in [2.45, 2.75) is 13.0 Å². The van der Waals surface area contributed by atoms with Gasteiger partial charge >= 0.3 is 5.97 Å². The maximum Gasteiger partial charge on any atom is 0.308 e. The Balaban J connectivity index is 1.64. The molecule has 122 valence electrons. The number of carbonyl (C=O) groups excluding carboxylic acids is 1. The molecule has 0 radical (unpaired) electrons. The highest BCUT2D eigenvalue weighted by Gasteiger charge is 2.05. The Labute approximate surface area is 135 Å². The van der Waals surface area contributed by atoms with E-state index in [1.165, 1.54) is 6.92 Å². The standard InChI is InChI=1S/C18H21NO4/c1-14(20)23-17-9-7-16(8-10-17)22-12-11-19-13-18(21)15-5-3-2-4-6-15/h2-10,18-19,21H,11-13H2,1H3. The zero-order valence-electron chi connectivity index (χ0n) is 13.1. The number of aliphatic hydroxyl groups excluding tert-OH is 1. The molecule has 23 heavy (non-hydrogen) atoms. The minimum absolute atomic E-state index is 0.347. The molecule has 2 aromatic rings. The van der Waals surface area contributed by atoms with Crippen molar-refractivity contribution >= 4 is 5.97 Å². The molecular weight excluding hydrogens is 294 g/mol. The van der Waals surface area contributed by atoms with Crippen LogP contribution in [0.3, 0.4) is 0 Å². The van der Waals surface area contributed by atoms with Gasteiger partial charge in [0.05, 0.1) is 6.10 Å². The fourth-order valence-electron chi connectivity index (χ4n) is 2.04. The summed E-state index contributed by atoms with van der Waals surface area (Å²) >= 11 is 0. The van der Waals surface area contributed by atoms with Crippen molar-refractivity contribution in [3.8, 4) is 11.5 Å². The van der Waals surface area contributed by atoms with Gasteiger partial charge in [-0.2, -0.15) is 0 Å². The molecule has 5 nitrogen and oxygen atoms in total.